The van der Waals surface area contributed by atoms with Crippen molar-refractivity contribution >= 4 is 23.8 Å². The summed E-state index contributed by atoms with van der Waals surface area (Å²) in [4.78, 5) is 28.3. The number of pyridine rings is 1. The van der Waals surface area contributed by atoms with Crippen molar-refractivity contribution in [1.29, 1.82) is 5.26 Å². The Bertz CT molecular complexity index is 894. The Kier molecular flexibility index (Phi) is 7.13. The second-order valence-electron chi connectivity index (χ2n) is 6.06. The topological polar surface area (TPSA) is 104 Å². The number of nitriles is 1. The van der Waals surface area contributed by atoms with E-state index in [4.69, 9.17) is 4.74 Å². The highest BCUT2D eigenvalue weighted by Gasteiger charge is 2.36. The molecule has 0 spiro atoms. The number of rotatable bonds is 6. The number of nitrogens with zero attached hydrogens (tertiary/aromatic N) is 2. The number of aromatic nitrogens is 1. The van der Waals surface area contributed by atoms with Crippen molar-refractivity contribution in [3.05, 3.63) is 34.2 Å². The Morgan fingerprint density at radius 1 is 1.41 bits per heavy atom. The second-order valence-corrected chi connectivity index (χ2v) is 7.03. The minimum absolute atomic E-state index is 0.0690. The van der Waals surface area contributed by atoms with Crippen LogP contribution in [0.2, 0.25) is 0 Å². The number of alkyl halides is 3. The number of urea groups is 1. The molecule has 156 valence electrons. The monoisotopic (exact) mass is 428 g/mol. The van der Waals surface area contributed by atoms with Crippen molar-refractivity contribution in [3.63, 3.8) is 0 Å². The number of carbonyl (C=O) groups excluding carboxylic acids is 2. The molecule has 29 heavy (non-hydrogen) atoms. The summed E-state index contributed by atoms with van der Waals surface area (Å²) in [7, 11) is 0. The lowest BCUT2D eigenvalue weighted by molar-refractivity contribution is -0.139. The fraction of sp³-hybridized carbons (Fsp3) is 0.444. The van der Waals surface area contributed by atoms with Crippen molar-refractivity contribution in [3.8, 4) is 6.07 Å². The third-order valence-corrected chi connectivity index (χ3v) is 5.03. The summed E-state index contributed by atoms with van der Waals surface area (Å²) in [6.07, 6.45) is -4.29. The van der Waals surface area contributed by atoms with Gasteiger partial charge < -0.3 is 15.4 Å². The maximum atomic E-state index is 13.3. The minimum atomic E-state index is -4.71. The van der Waals surface area contributed by atoms with E-state index in [1.54, 1.807) is 19.9 Å². The van der Waals surface area contributed by atoms with Gasteiger partial charge in [-0.05, 0) is 26.3 Å². The van der Waals surface area contributed by atoms with Gasteiger partial charge in [-0.3, -0.25) is 0 Å². The van der Waals surface area contributed by atoms with Crippen LogP contribution in [-0.4, -0.2) is 35.4 Å². The molecule has 0 saturated carbocycles. The Morgan fingerprint density at radius 3 is 2.66 bits per heavy atom. The van der Waals surface area contributed by atoms with E-state index < -0.39 is 35.3 Å². The molecule has 0 saturated heterocycles. The lowest BCUT2D eigenvalue weighted by atomic mass is 10.0. The molecule has 1 atom stereocenters. The molecule has 11 heteroatoms. The van der Waals surface area contributed by atoms with Crippen LogP contribution in [0.25, 0.3) is 0 Å². The van der Waals surface area contributed by atoms with Crippen LogP contribution in [0.15, 0.2) is 22.4 Å². The van der Waals surface area contributed by atoms with Gasteiger partial charge in [0.25, 0.3) is 0 Å². The van der Waals surface area contributed by atoms with Gasteiger partial charge in [0.05, 0.1) is 29.3 Å². The quantitative estimate of drug-likeness (QED) is 0.532. The Hall–Kier alpha value is -2.74. The highest BCUT2D eigenvalue weighted by Crippen LogP contribution is 2.36. The zero-order valence-corrected chi connectivity index (χ0v) is 16.8. The van der Waals surface area contributed by atoms with Crippen LogP contribution < -0.4 is 10.6 Å². The van der Waals surface area contributed by atoms with Crippen LogP contribution >= 0.6 is 11.8 Å². The van der Waals surface area contributed by atoms with Crippen molar-refractivity contribution in [2.45, 2.75) is 44.4 Å². The van der Waals surface area contributed by atoms with Gasteiger partial charge in [0.2, 0.25) is 0 Å². The maximum Gasteiger partial charge on any atom is 0.417 e. The molecule has 0 aromatic carbocycles. The van der Waals surface area contributed by atoms with Gasteiger partial charge in [0.15, 0.2) is 0 Å². The molecule has 0 aliphatic carbocycles. The van der Waals surface area contributed by atoms with E-state index in [0.717, 1.165) is 17.8 Å². The van der Waals surface area contributed by atoms with Gasteiger partial charge in [-0.25, -0.2) is 14.6 Å². The van der Waals surface area contributed by atoms with Crippen molar-refractivity contribution in [1.82, 2.24) is 15.6 Å². The minimum Gasteiger partial charge on any atom is -0.463 e. The third kappa shape index (κ3) is 5.20. The highest BCUT2D eigenvalue weighted by atomic mass is 32.2. The number of halogens is 3. The largest absolute Gasteiger partial charge is 0.463 e. The summed E-state index contributed by atoms with van der Waals surface area (Å²) in [5.74, 6) is -0.698. The fourth-order valence-corrected chi connectivity index (χ4v) is 3.81. The zero-order valence-electron chi connectivity index (χ0n) is 15.9. The summed E-state index contributed by atoms with van der Waals surface area (Å²) in [5, 5.41) is 14.2. The average Bonchev–Trinajstić information content (AvgIpc) is 2.64. The van der Waals surface area contributed by atoms with Crippen LogP contribution in [0.3, 0.4) is 0 Å². The number of nitrogens with one attached hydrogen (secondary N) is 2. The van der Waals surface area contributed by atoms with E-state index in [2.05, 4.69) is 15.6 Å². The number of amides is 2. The first-order valence-corrected chi connectivity index (χ1v) is 9.70. The van der Waals surface area contributed by atoms with Crippen LogP contribution in [0, 0.1) is 18.3 Å². The zero-order chi connectivity index (χ0) is 21.8. The van der Waals surface area contributed by atoms with E-state index in [-0.39, 0.29) is 34.3 Å². The van der Waals surface area contributed by atoms with Gasteiger partial charge in [0, 0.05) is 17.1 Å². The van der Waals surface area contributed by atoms with Gasteiger partial charge in [-0.15, -0.1) is 0 Å². The molecule has 2 rings (SSSR count). The molecule has 1 aliphatic heterocycles. The predicted molar refractivity (Wildman–Crippen MR) is 98.8 cm³/mol. The van der Waals surface area contributed by atoms with E-state index in [0.29, 0.717) is 6.42 Å². The molecule has 0 bridgehead atoms. The van der Waals surface area contributed by atoms with Crippen LogP contribution in [0.4, 0.5) is 18.0 Å². The smallest absolute Gasteiger partial charge is 0.417 e. The number of carbonyl (C=O) groups is 2. The number of hydrogen-bond acceptors (Lipinski definition) is 6. The van der Waals surface area contributed by atoms with Crippen LogP contribution in [-0.2, 0) is 15.7 Å². The standard InChI is InChI=1S/C18H19F3N4O3S/c1-4-12-14(16(26)28-5-2)13(25-17(27)24-12)8-29-15-10(7-22)11(18(19,20)21)6-9(3)23-15/h6,12H,4-5,8H2,1-3H3,(H2,24,25,27)/t12-/m1/s1. The normalized spacial score (nSPS) is 16.7. The van der Waals surface area contributed by atoms with Crippen LogP contribution in [0.5, 0.6) is 0 Å². The SMILES string of the molecule is CCOC(=O)C1=C(CSc2nc(C)cc(C(F)(F)F)c2C#N)NC(=O)N[C@@H]1CC. The summed E-state index contributed by atoms with van der Waals surface area (Å²) < 4.78 is 44.8. The number of esters is 1. The molecule has 1 aromatic heterocycles. The molecule has 0 radical (unpaired) electrons. The number of thioether (sulfide) groups is 1. The first kappa shape index (κ1) is 22.5. The molecular weight excluding hydrogens is 409 g/mol. The van der Waals surface area contributed by atoms with E-state index in [1.807, 2.05) is 0 Å². The summed E-state index contributed by atoms with van der Waals surface area (Å²) >= 11 is 0.835. The first-order valence-electron chi connectivity index (χ1n) is 8.71. The molecule has 2 amide bonds. The first-order chi connectivity index (χ1) is 13.6. The van der Waals surface area contributed by atoms with Gasteiger partial charge >= 0.3 is 18.2 Å². The number of aryl methyl sites for hydroxylation is 1. The summed E-state index contributed by atoms with van der Waals surface area (Å²) in [6.45, 7) is 4.92. The van der Waals surface area contributed by atoms with E-state index in [9.17, 15) is 28.0 Å². The van der Waals surface area contributed by atoms with E-state index in [1.165, 1.54) is 6.92 Å². The van der Waals surface area contributed by atoms with Gasteiger partial charge in [-0.2, -0.15) is 18.4 Å². The molecule has 0 unspecified atom stereocenters. The fourth-order valence-electron chi connectivity index (χ4n) is 2.80. The lowest BCUT2D eigenvalue weighted by Crippen LogP contribution is -2.50. The van der Waals surface area contributed by atoms with Crippen LogP contribution in [0.1, 0.15) is 37.1 Å². The number of ether oxygens (including phenoxy) is 1. The summed E-state index contributed by atoms with van der Waals surface area (Å²) in [5.41, 5.74) is -1.17. The number of hydrogen-bond donors (Lipinski definition) is 2. The Morgan fingerprint density at radius 2 is 2.10 bits per heavy atom. The van der Waals surface area contributed by atoms with E-state index >= 15 is 0 Å². The molecule has 2 N–H and O–H groups in total. The molecule has 1 aliphatic rings. The third-order valence-electron chi connectivity index (χ3n) is 4.03. The molecule has 7 nitrogen and oxygen atoms in total. The molecular formula is C18H19F3N4O3S. The average molecular weight is 428 g/mol. The maximum absolute atomic E-state index is 13.3. The Balaban J connectivity index is 2.44. The highest BCUT2D eigenvalue weighted by molar-refractivity contribution is 7.99. The van der Waals surface area contributed by atoms with Crippen molar-refractivity contribution in [2.24, 2.45) is 0 Å². The molecule has 2 heterocycles. The van der Waals surface area contributed by atoms with Gasteiger partial charge in [0.1, 0.15) is 11.1 Å². The molecule has 0 fully saturated rings. The Labute approximate surface area is 169 Å². The molecule has 1 aromatic rings. The van der Waals surface area contributed by atoms with Crippen molar-refractivity contribution in [2.75, 3.05) is 12.4 Å². The second kappa shape index (κ2) is 9.17. The van der Waals surface area contributed by atoms with Crippen molar-refractivity contribution < 1.29 is 27.5 Å². The lowest BCUT2D eigenvalue weighted by Gasteiger charge is -2.28. The summed E-state index contributed by atoms with van der Waals surface area (Å²) in [6, 6.07) is 1.24. The van der Waals surface area contributed by atoms with Gasteiger partial charge in [-0.1, -0.05) is 18.7 Å². The predicted octanol–water partition coefficient (Wildman–Crippen LogP) is 3.28.